The molecule has 0 bridgehead atoms. The SMILES string of the molecule is CCOCCNC(=O)C(N)Cc1ccccc1.Cl. The molecule has 5 heteroatoms. The number of hydrogen-bond acceptors (Lipinski definition) is 3. The number of amides is 1. The molecule has 1 aromatic rings. The van der Waals surface area contributed by atoms with E-state index in [1.165, 1.54) is 0 Å². The molecule has 1 rings (SSSR count). The molecule has 0 saturated carbocycles. The molecule has 18 heavy (non-hydrogen) atoms. The normalized spacial score (nSPS) is 11.4. The van der Waals surface area contributed by atoms with Crippen molar-refractivity contribution in [1.82, 2.24) is 5.32 Å². The highest BCUT2D eigenvalue weighted by molar-refractivity contribution is 5.85. The standard InChI is InChI=1S/C13H20N2O2.ClH/c1-2-17-9-8-15-13(16)12(14)10-11-6-4-3-5-7-11;/h3-7,12H,2,8-10,14H2,1H3,(H,15,16);1H. The molecule has 102 valence electrons. The number of hydrogen-bond donors (Lipinski definition) is 2. The first-order valence-electron chi connectivity index (χ1n) is 5.89. The van der Waals surface area contributed by atoms with Crippen molar-refractivity contribution in [2.24, 2.45) is 5.73 Å². The predicted octanol–water partition coefficient (Wildman–Crippen LogP) is 1.13. The summed E-state index contributed by atoms with van der Waals surface area (Å²) < 4.78 is 5.13. The van der Waals surface area contributed by atoms with Crippen molar-refractivity contribution in [3.05, 3.63) is 35.9 Å². The van der Waals surface area contributed by atoms with E-state index in [0.29, 0.717) is 26.2 Å². The Hall–Kier alpha value is -1.10. The van der Waals surface area contributed by atoms with Crippen molar-refractivity contribution in [2.45, 2.75) is 19.4 Å². The van der Waals surface area contributed by atoms with E-state index < -0.39 is 6.04 Å². The molecular weight excluding hydrogens is 252 g/mol. The van der Waals surface area contributed by atoms with Crippen LogP contribution in [0.4, 0.5) is 0 Å². The minimum atomic E-state index is -0.501. The summed E-state index contributed by atoms with van der Waals surface area (Å²) in [5.41, 5.74) is 6.88. The number of nitrogens with two attached hydrogens (primary N) is 1. The van der Waals surface area contributed by atoms with Crippen LogP contribution in [0.1, 0.15) is 12.5 Å². The molecule has 0 aromatic heterocycles. The van der Waals surface area contributed by atoms with Crippen molar-refractivity contribution < 1.29 is 9.53 Å². The van der Waals surface area contributed by atoms with Gasteiger partial charge in [0.2, 0.25) is 5.91 Å². The second-order valence-electron chi connectivity index (χ2n) is 3.78. The molecule has 0 heterocycles. The van der Waals surface area contributed by atoms with Gasteiger partial charge >= 0.3 is 0 Å². The number of ether oxygens (including phenoxy) is 1. The Kier molecular flexibility index (Phi) is 9.28. The van der Waals surface area contributed by atoms with Gasteiger partial charge in [0.05, 0.1) is 12.6 Å². The minimum Gasteiger partial charge on any atom is -0.380 e. The number of carbonyl (C=O) groups excluding carboxylic acids is 1. The average Bonchev–Trinajstić information content (AvgIpc) is 2.35. The van der Waals surface area contributed by atoms with Crippen LogP contribution in [0.25, 0.3) is 0 Å². The largest absolute Gasteiger partial charge is 0.380 e. The summed E-state index contributed by atoms with van der Waals surface area (Å²) in [7, 11) is 0. The first-order valence-corrected chi connectivity index (χ1v) is 5.89. The fourth-order valence-corrected chi connectivity index (χ4v) is 1.48. The van der Waals surface area contributed by atoms with Gasteiger partial charge in [-0.1, -0.05) is 30.3 Å². The first kappa shape index (κ1) is 16.9. The molecule has 1 unspecified atom stereocenters. The smallest absolute Gasteiger partial charge is 0.237 e. The van der Waals surface area contributed by atoms with Gasteiger partial charge in [-0.2, -0.15) is 0 Å². The average molecular weight is 273 g/mol. The number of rotatable bonds is 7. The van der Waals surface area contributed by atoms with Gasteiger partial charge in [-0.3, -0.25) is 4.79 Å². The van der Waals surface area contributed by atoms with Crippen molar-refractivity contribution in [2.75, 3.05) is 19.8 Å². The predicted molar refractivity (Wildman–Crippen MR) is 74.9 cm³/mol. The zero-order valence-corrected chi connectivity index (χ0v) is 11.4. The van der Waals surface area contributed by atoms with Crippen molar-refractivity contribution >= 4 is 18.3 Å². The summed E-state index contributed by atoms with van der Waals surface area (Å²) in [4.78, 5) is 11.6. The molecule has 0 fully saturated rings. The molecule has 0 spiro atoms. The Bertz CT molecular complexity index is 333. The third-order valence-corrected chi connectivity index (χ3v) is 2.38. The van der Waals surface area contributed by atoms with Gasteiger partial charge in [0.1, 0.15) is 0 Å². The van der Waals surface area contributed by atoms with Crippen LogP contribution < -0.4 is 11.1 Å². The fraction of sp³-hybridized carbons (Fsp3) is 0.462. The van der Waals surface area contributed by atoms with E-state index in [1.807, 2.05) is 37.3 Å². The fourth-order valence-electron chi connectivity index (χ4n) is 1.48. The molecule has 0 radical (unpaired) electrons. The lowest BCUT2D eigenvalue weighted by Gasteiger charge is -2.12. The lowest BCUT2D eigenvalue weighted by Crippen LogP contribution is -2.43. The van der Waals surface area contributed by atoms with Crippen molar-refractivity contribution in [3.63, 3.8) is 0 Å². The molecule has 4 nitrogen and oxygen atoms in total. The lowest BCUT2D eigenvalue weighted by atomic mass is 10.1. The second-order valence-corrected chi connectivity index (χ2v) is 3.78. The molecule has 1 aromatic carbocycles. The molecule has 0 aliphatic carbocycles. The molecule has 1 atom stereocenters. The summed E-state index contributed by atoms with van der Waals surface area (Å²) in [5.74, 6) is -0.131. The molecule has 0 saturated heterocycles. The molecule has 0 aliphatic heterocycles. The number of carbonyl (C=O) groups is 1. The van der Waals surface area contributed by atoms with Crippen LogP contribution in [-0.2, 0) is 16.0 Å². The Morgan fingerprint density at radius 3 is 2.67 bits per heavy atom. The highest BCUT2D eigenvalue weighted by atomic mass is 35.5. The van der Waals surface area contributed by atoms with Crippen molar-refractivity contribution in [1.29, 1.82) is 0 Å². The van der Waals surface area contributed by atoms with Gasteiger partial charge in [-0.15, -0.1) is 12.4 Å². The zero-order valence-electron chi connectivity index (χ0n) is 10.6. The van der Waals surface area contributed by atoms with E-state index in [2.05, 4.69) is 5.32 Å². The summed E-state index contributed by atoms with van der Waals surface area (Å²) >= 11 is 0. The van der Waals surface area contributed by atoms with Crippen molar-refractivity contribution in [3.8, 4) is 0 Å². The third kappa shape index (κ3) is 6.59. The van der Waals surface area contributed by atoms with E-state index >= 15 is 0 Å². The maximum absolute atomic E-state index is 11.6. The molecule has 0 aliphatic rings. The summed E-state index contributed by atoms with van der Waals surface area (Å²) in [6.07, 6.45) is 0.557. The van der Waals surface area contributed by atoms with Crippen LogP contribution in [0.15, 0.2) is 30.3 Å². The topological polar surface area (TPSA) is 64.3 Å². The quantitative estimate of drug-likeness (QED) is 0.732. The Balaban J connectivity index is 0.00000289. The zero-order chi connectivity index (χ0) is 12.5. The van der Waals surface area contributed by atoms with Crippen LogP contribution in [0.5, 0.6) is 0 Å². The van der Waals surface area contributed by atoms with Gasteiger partial charge in [0, 0.05) is 13.2 Å². The van der Waals surface area contributed by atoms with Crippen LogP contribution in [-0.4, -0.2) is 31.7 Å². The number of halogens is 1. The van der Waals surface area contributed by atoms with Gasteiger partial charge in [-0.25, -0.2) is 0 Å². The molecular formula is C13H21ClN2O2. The highest BCUT2D eigenvalue weighted by Gasteiger charge is 2.12. The van der Waals surface area contributed by atoms with Crippen LogP contribution in [0.2, 0.25) is 0 Å². The maximum atomic E-state index is 11.6. The Labute approximate surface area is 114 Å². The van der Waals surface area contributed by atoms with Crippen LogP contribution >= 0.6 is 12.4 Å². The van der Waals surface area contributed by atoms with Gasteiger partial charge in [-0.05, 0) is 18.9 Å². The molecule has 1 amide bonds. The van der Waals surface area contributed by atoms with E-state index in [0.717, 1.165) is 5.56 Å². The van der Waals surface area contributed by atoms with Crippen LogP contribution in [0.3, 0.4) is 0 Å². The first-order chi connectivity index (χ1) is 8.24. The third-order valence-electron chi connectivity index (χ3n) is 2.38. The second kappa shape index (κ2) is 9.88. The molecule has 3 N–H and O–H groups in total. The van der Waals surface area contributed by atoms with E-state index in [4.69, 9.17) is 10.5 Å². The summed E-state index contributed by atoms with van der Waals surface area (Å²) in [5, 5.41) is 2.75. The van der Waals surface area contributed by atoms with E-state index in [9.17, 15) is 4.79 Å². The monoisotopic (exact) mass is 272 g/mol. The Morgan fingerprint density at radius 1 is 1.39 bits per heavy atom. The van der Waals surface area contributed by atoms with E-state index in [1.54, 1.807) is 0 Å². The van der Waals surface area contributed by atoms with Gasteiger partial charge in [0.15, 0.2) is 0 Å². The number of nitrogens with one attached hydrogen (secondary N) is 1. The van der Waals surface area contributed by atoms with Gasteiger partial charge in [0.25, 0.3) is 0 Å². The van der Waals surface area contributed by atoms with E-state index in [-0.39, 0.29) is 18.3 Å². The number of benzene rings is 1. The van der Waals surface area contributed by atoms with Crippen LogP contribution in [0, 0.1) is 0 Å². The van der Waals surface area contributed by atoms with Gasteiger partial charge < -0.3 is 15.8 Å². The lowest BCUT2D eigenvalue weighted by molar-refractivity contribution is -0.122. The Morgan fingerprint density at radius 2 is 2.06 bits per heavy atom. The summed E-state index contributed by atoms with van der Waals surface area (Å²) in [6.45, 7) is 3.62. The summed E-state index contributed by atoms with van der Waals surface area (Å²) in [6, 6.07) is 9.25. The minimum absolute atomic E-state index is 0. The highest BCUT2D eigenvalue weighted by Crippen LogP contribution is 2.01. The maximum Gasteiger partial charge on any atom is 0.237 e.